The van der Waals surface area contributed by atoms with Crippen molar-refractivity contribution in [1.82, 2.24) is 0 Å². The van der Waals surface area contributed by atoms with Gasteiger partial charge in [0.05, 0.1) is 5.69 Å². The van der Waals surface area contributed by atoms with E-state index < -0.39 is 0 Å². The Labute approximate surface area is 92.5 Å². The molecule has 1 aromatic heterocycles. The van der Waals surface area contributed by atoms with Gasteiger partial charge in [0.25, 0.3) is 0 Å². The Bertz CT molecular complexity index is 464. The summed E-state index contributed by atoms with van der Waals surface area (Å²) in [6.07, 6.45) is 0. The molecule has 0 spiro atoms. The van der Waals surface area contributed by atoms with Crippen molar-refractivity contribution in [3.8, 4) is 16.2 Å². The van der Waals surface area contributed by atoms with Gasteiger partial charge in [-0.05, 0) is 29.1 Å². The molecule has 0 saturated carbocycles. The van der Waals surface area contributed by atoms with Crippen LogP contribution in [0.5, 0.6) is 5.75 Å². The van der Waals surface area contributed by atoms with Crippen LogP contribution in [0.3, 0.4) is 0 Å². The van der Waals surface area contributed by atoms with Crippen molar-refractivity contribution >= 4 is 17.0 Å². The van der Waals surface area contributed by atoms with Gasteiger partial charge in [0.1, 0.15) is 12.4 Å². The van der Waals surface area contributed by atoms with Gasteiger partial charge in [-0.3, -0.25) is 0 Å². The second-order valence-corrected chi connectivity index (χ2v) is 4.41. The highest BCUT2D eigenvalue weighted by Crippen LogP contribution is 2.34. The molecule has 0 saturated heterocycles. The summed E-state index contributed by atoms with van der Waals surface area (Å²) in [5.41, 5.74) is 2.33. The summed E-state index contributed by atoms with van der Waals surface area (Å²) in [6.45, 7) is 1.65. The largest absolute Gasteiger partial charge is 0.490 e. The standard InChI is InChI=1S/C12H11NOS/c1-2-12(15-7-1)9-3-4-10-11(8-9)14-6-5-13-10/h1-4,7-8,13H,5-6H2. The fourth-order valence-electron chi connectivity index (χ4n) is 1.73. The molecule has 0 bridgehead atoms. The molecule has 15 heavy (non-hydrogen) atoms. The summed E-state index contributed by atoms with van der Waals surface area (Å²) >= 11 is 1.75. The topological polar surface area (TPSA) is 21.3 Å². The minimum Gasteiger partial charge on any atom is -0.490 e. The zero-order chi connectivity index (χ0) is 10.1. The molecule has 76 valence electrons. The van der Waals surface area contributed by atoms with Gasteiger partial charge < -0.3 is 10.1 Å². The lowest BCUT2D eigenvalue weighted by atomic mass is 10.1. The number of benzene rings is 1. The number of ether oxygens (including phenoxy) is 1. The number of hydrogen-bond acceptors (Lipinski definition) is 3. The van der Waals surface area contributed by atoms with Crippen molar-refractivity contribution in [1.29, 1.82) is 0 Å². The maximum absolute atomic E-state index is 5.60. The molecule has 0 aliphatic carbocycles. The van der Waals surface area contributed by atoms with E-state index in [9.17, 15) is 0 Å². The minimum absolute atomic E-state index is 0.751. The Morgan fingerprint density at radius 2 is 2.27 bits per heavy atom. The van der Waals surface area contributed by atoms with Crippen LogP contribution >= 0.6 is 11.3 Å². The van der Waals surface area contributed by atoms with Crippen LogP contribution in [0.2, 0.25) is 0 Å². The van der Waals surface area contributed by atoms with Gasteiger partial charge in [0.15, 0.2) is 0 Å². The highest BCUT2D eigenvalue weighted by molar-refractivity contribution is 7.13. The zero-order valence-electron chi connectivity index (χ0n) is 8.19. The molecule has 0 amide bonds. The zero-order valence-corrected chi connectivity index (χ0v) is 9.01. The average molecular weight is 217 g/mol. The summed E-state index contributed by atoms with van der Waals surface area (Å²) in [6, 6.07) is 10.5. The summed E-state index contributed by atoms with van der Waals surface area (Å²) in [7, 11) is 0. The van der Waals surface area contributed by atoms with Crippen LogP contribution in [0.15, 0.2) is 35.7 Å². The second-order valence-electron chi connectivity index (χ2n) is 3.46. The lowest BCUT2D eigenvalue weighted by Gasteiger charge is -2.19. The fourth-order valence-corrected chi connectivity index (χ4v) is 2.45. The van der Waals surface area contributed by atoms with Crippen molar-refractivity contribution in [2.45, 2.75) is 0 Å². The average Bonchev–Trinajstić information content (AvgIpc) is 2.82. The third-order valence-corrected chi connectivity index (χ3v) is 3.38. The van der Waals surface area contributed by atoms with Crippen LogP contribution in [0.4, 0.5) is 5.69 Å². The van der Waals surface area contributed by atoms with Gasteiger partial charge in [-0.2, -0.15) is 0 Å². The number of rotatable bonds is 1. The fraction of sp³-hybridized carbons (Fsp3) is 0.167. The van der Waals surface area contributed by atoms with E-state index >= 15 is 0 Å². The molecule has 0 atom stereocenters. The van der Waals surface area contributed by atoms with Crippen LogP contribution in [0.1, 0.15) is 0 Å². The number of anilines is 1. The molecule has 0 unspecified atom stereocenters. The molecular weight excluding hydrogens is 206 g/mol. The molecule has 0 radical (unpaired) electrons. The molecule has 0 fully saturated rings. The van der Waals surface area contributed by atoms with E-state index in [1.807, 2.05) is 0 Å². The molecule has 3 heteroatoms. The Morgan fingerprint density at radius 1 is 1.27 bits per heavy atom. The van der Waals surface area contributed by atoms with E-state index in [4.69, 9.17) is 4.74 Å². The Kier molecular flexibility index (Phi) is 2.10. The molecule has 2 nitrogen and oxygen atoms in total. The first-order valence-corrected chi connectivity index (χ1v) is 5.86. The first kappa shape index (κ1) is 8.80. The summed E-state index contributed by atoms with van der Waals surface area (Å²) in [5.74, 6) is 0.965. The third-order valence-electron chi connectivity index (χ3n) is 2.46. The Morgan fingerprint density at radius 3 is 3.13 bits per heavy atom. The Hall–Kier alpha value is -1.48. The molecule has 3 rings (SSSR count). The molecular formula is C12H11NOS. The normalized spacial score (nSPS) is 13.9. The monoisotopic (exact) mass is 217 g/mol. The summed E-state index contributed by atoms with van der Waals surface area (Å²) < 4.78 is 5.60. The van der Waals surface area contributed by atoms with E-state index in [2.05, 4.69) is 41.0 Å². The first-order valence-electron chi connectivity index (χ1n) is 4.98. The molecule has 1 aliphatic rings. The number of hydrogen-bond donors (Lipinski definition) is 1. The van der Waals surface area contributed by atoms with Gasteiger partial charge in [-0.25, -0.2) is 0 Å². The summed E-state index contributed by atoms with van der Waals surface area (Å²) in [4.78, 5) is 1.28. The number of thiophene rings is 1. The van der Waals surface area contributed by atoms with Gasteiger partial charge in [0.2, 0.25) is 0 Å². The van der Waals surface area contributed by atoms with Crippen molar-refractivity contribution in [2.75, 3.05) is 18.5 Å². The van der Waals surface area contributed by atoms with E-state index in [1.165, 1.54) is 10.4 Å². The smallest absolute Gasteiger partial charge is 0.143 e. The van der Waals surface area contributed by atoms with E-state index in [1.54, 1.807) is 11.3 Å². The predicted molar refractivity (Wildman–Crippen MR) is 63.7 cm³/mol. The molecule has 2 aromatic rings. The Balaban J connectivity index is 2.04. The van der Waals surface area contributed by atoms with Crippen LogP contribution in [-0.4, -0.2) is 13.2 Å². The SMILES string of the molecule is c1csc(-c2ccc3c(c2)OCCN3)c1. The van der Waals surface area contributed by atoms with Gasteiger partial charge in [-0.1, -0.05) is 12.1 Å². The molecule has 2 heterocycles. The highest BCUT2D eigenvalue weighted by atomic mass is 32.1. The van der Waals surface area contributed by atoms with Crippen LogP contribution in [0, 0.1) is 0 Å². The number of nitrogens with one attached hydrogen (secondary N) is 1. The molecule has 1 aliphatic heterocycles. The molecule has 1 aromatic carbocycles. The van der Waals surface area contributed by atoms with E-state index in [0.29, 0.717) is 0 Å². The number of fused-ring (bicyclic) bond motifs is 1. The first-order chi connectivity index (χ1) is 7.43. The van der Waals surface area contributed by atoms with Gasteiger partial charge in [0, 0.05) is 11.4 Å². The van der Waals surface area contributed by atoms with Gasteiger partial charge in [-0.15, -0.1) is 11.3 Å². The minimum atomic E-state index is 0.751. The third kappa shape index (κ3) is 1.59. The van der Waals surface area contributed by atoms with Crippen molar-refractivity contribution in [3.05, 3.63) is 35.7 Å². The van der Waals surface area contributed by atoms with Crippen molar-refractivity contribution in [3.63, 3.8) is 0 Å². The van der Waals surface area contributed by atoms with Crippen molar-refractivity contribution in [2.24, 2.45) is 0 Å². The van der Waals surface area contributed by atoms with Crippen LogP contribution in [-0.2, 0) is 0 Å². The lowest BCUT2D eigenvalue weighted by molar-refractivity contribution is 0.323. The maximum Gasteiger partial charge on any atom is 0.143 e. The maximum atomic E-state index is 5.60. The molecule has 1 N–H and O–H groups in total. The second kappa shape index (κ2) is 3.59. The quantitative estimate of drug-likeness (QED) is 0.792. The highest BCUT2D eigenvalue weighted by Gasteiger charge is 2.10. The van der Waals surface area contributed by atoms with Crippen molar-refractivity contribution < 1.29 is 4.74 Å². The predicted octanol–water partition coefficient (Wildman–Crippen LogP) is 3.22. The van der Waals surface area contributed by atoms with Crippen LogP contribution in [0.25, 0.3) is 10.4 Å². The summed E-state index contributed by atoms with van der Waals surface area (Å²) in [5, 5.41) is 5.40. The van der Waals surface area contributed by atoms with E-state index in [-0.39, 0.29) is 0 Å². The van der Waals surface area contributed by atoms with E-state index in [0.717, 1.165) is 24.6 Å². The lowest BCUT2D eigenvalue weighted by Crippen LogP contribution is -2.17. The van der Waals surface area contributed by atoms with Crippen LogP contribution < -0.4 is 10.1 Å². The van der Waals surface area contributed by atoms with Gasteiger partial charge >= 0.3 is 0 Å².